The number of rotatable bonds is 6. The van der Waals surface area contributed by atoms with E-state index in [-0.39, 0.29) is 0 Å². The molecule has 0 spiro atoms. The topological polar surface area (TPSA) is 6.48 Å². The third-order valence-electron chi connectivity index (χ3n) is 2.70. The molecule has 14 heavy (non-hydrogen) atoms. The zero-order valence-electron chi connectivity index (χ0n) is 11.0. The highest BCUT2D eigenvalue weighted by Gasteiger charge is 2.19. The van der Waals surface area contributed by atoms with Gasteiger partial charge in [0.05, 0.1) is 0 Å². The van der Waals surface area contributed by atoms with Crippen LogP contribution in [0.2, 0.25) is 0 Å². The Morgan fingerprint density at radius 2 is 1.29 bits per heavy atom. The van der Waals surface area contributed by atoms with Crippen LogP contribution in [-0.2, 0) is 0 Å². The lowest BCUT2D eigenvalue weighted by Gasteiger charge is -2.36. The zero-order valence-corrected chi connectivity index (χ0v) is 11.0. The molecule has 0 aliphatic rings. The molecule has 86 valence electrons. The second kappa shape index (κ2) is 6.41. The molecule has 0 aliphatic carbocycles. The zero-order chi connectivity index (χ0) is 11.3. The molecule has 1 unspecified atom stereocenters. The van der Waals surface area contributed by atoms with Crippen molar-refractivity contribution in [3.05, 3.63) is 0 Å². The van der Waals surface area contributed by atoms with E-state index in [0.29, 0.717) is 18.1 Å². The molecule has 0 aliphatic heterocycles. The average molecular weight is 200 g/mol. The Balaban J connectivity index is 4.09. The summed E-state index contributed by atoms with van der Waals surface area (Å²) < 4.78 is 0. The fraction of sp³-hybridized carbons (Fsp3) is 1.00. The molecule has 0 aromatic rings. The second-order valence-electron chi connectivity index (χ2n) is 5.08. The Labute approximate surface area is 90.3 Å². The molecule has 0 radical (unpaired) electrons. The van der Waals surface area contributed by atoms with Gasteiger partial charge >= 0.3 is 0 Å². The lowest BCUT2D eigenvalue weighted by molar-refractivity contribution is 0.111. The SMILES string of the molecule is CC(C)N(C(C)C)C(C)CCN(C)C. The lowest BCUT2D eigenvalue weighted by atomic mass is 10.1. The first-order chi connectivity index (χ1) is 6.36. The van der Waals surface area contributed by atoms with Crippen LogP contribution >= 0.6 is 0 Å². The monoisotopic (exact) mass is 200 g/mol. The van der Waals surface area contributed by atoms with E-state index in [1.807, 2.05) is 0 Å². The van der Waals surface area contributed by atoms with Crippen LogP contribution in [0.25, 0.3) is 0 Å². The van der Waals surface area contributed by atoms with Crippen LogP contribution < -0.4 is 0 Å². The summed E-state index contributed by atoms with van der Waals surface area (Å²) in [6.45, 7) is 12.7. The largest absolute Gasteiger partial charge is 0.309 e. The van der Waals surface area contributed by atoms with Gasteiger partial charge in [-0.2, -0.15) is 0 Å². The Kier molecular flexibility index (Phi) is 6.38. The molecule has 0 fully saturated rings. The Morgan fingerprint density at radius 3 is 1.57 bits per heavy atom. The molecule has 0 rings (SSSR count). The van der Waals surface area contributed by atoms with Crippen LogP contribution in [0.4, 0.5) is 0 Å². The number of hydrogen-bond acceptors (Lipinski definition) is 2. The first kappa shape index (κ1) is 13.9. The Morgan fingerprint density at radius 1 is 0.857 bits per heavy atom. The molecule has 0 saturated heterocycles. The minimum atomic E-state index is 0.646. The van der Waals surface area contributed by atoms with Crippen LogP contribution in [-0.4, -0.2) is 48.6 Å². The van der Waals surface area contributed by atoms with Crippen LogP contribution in [0, 0.1) is 0 Å². The highest BCUT2D eigenvalue weighted by molar-refractivity contribution is 4.74. The molecule has 0 aromatic heterocycles. The molecule has 0 aromatic carbocycles. The van der Waals surface area contributed by atoms with Crippen LogP contribution in [0.3, 0.4) is 0 Å². The van der Waals surface area contributed by atoms with E-state index in [4.69, 9.17) is 0 Å². The summed E-state index contributed by atoms with van der Waals surface area (Å²) in [6, 6.07) is 1.97. The summed E-state index contributed by atoms with van der Waals surface area (Å²) in [4.78, 5) is 4.85. The number of nitrogens with zero attached hydrogens (tertiary/aromatic N) is 2. The normalized spacial score (nSPS) is 14.8. The van der Waals surface area contributed by atoms with Crippen LogP contribution in [0.5, 0.6) is 0 Å². The Hall–Kier alpha value is -0.0800. The van der Waals surface area contributed by atoms with Gasteiger partial charge in [-0.25, -0.2) is 0 Å². The molecule has 2 nitrogen and oxygen atoms in total. The van der Waals surface area contributed by atoms with E-state index >= 15 is 0 Å². The summed E-state index contributed by atoms with van der Waals surface area (Å²) in [5.41, 5.74) is 0. The summed E-state index contributed by atoms with van der Waals surface area (Å²) in [5, 5.41) is 0. The van der Waals surface area contributed by atoms with Crippen molar-refractivity contribution >= 4 is 0 Å². The average Bonchev–Trinajstić information content (AvgIpc) is 1.99. The van der Waals surface area contributed by atoms with Crippen molar-refractivity contribution < 1.29 is 0 Å². The fourth-order valence-corrected chi connectivity index (χ4v) is 2.21. The van der Waals surface area contributed by atoms with Gasteiger partial charge in [0, 0.05) is 18.1 Å². The van der Waals surface area contributed by atoms with E-state index in [1.54, 1.807) is 0 Å². The van der Waals surface area contributed by atoms with Crippen molar-refractivity contribution in [3.63, 3.8) is 0 Å². The van der Waals surface area contributed by atoms with Gasteiger partial charge in [-0.3, -0.25) is 4.90 Å². The lowest BCUT2D eigenvalue weighted by Crippen LogP contribution is -2.44. The van der Waals surface area contributed by atoms with Crippen LogP contribution in [0.1, 0.15) is 41.0 Å². The Bertz CT molecular complexity index is 133. The minimum Gasteiger partial charge on any atom is -0.309 e. The summed E-state index contributed by atoms with van der Waals surface area (Å²) in [6.07, 6.45) is 1.25. The molecular formula is C12H28N2. The predicted molar refractivity (Wildman–Crippen MR) is 64.7 cm³/mol. The summed E-state index contributed by atoms with van der Waals surface area (Å²) in [5.74, 6) is 0. The molecule has 0 bridgehead atoms. The maximum Gasteiger partial charge on any atom is 0.00845 e. The third-order valence-corrected chi connectivity index (χ3v) is 2.70. The molecule has 0 heterocycles. The van der Waals surface area contributed by atoms with Crippen molar-refractivity contribution in [1.82, 2.24) is 9.80 Å². The van der Waals surface area contributed by atoms with Gasteiger partial charge in [-0.15, -0.1) is 0 Å². The van der Waals surface area contributed by atoms with Gasteiger partial charge in [0.25, 0.3) is 0 Å². The van der Waals surface area contributed by atoms with Crippen molar-refractivity contribution in [2.75, 3.05) is 20.6 Å². The summed E-state index contributed by atoms with van der Waals surface area (Å²) >= 11 is 0. The fourth-order valence-electron chi connectivity index (χ4n) is 2.21. The van der Waals surface area contributed by atoms with Gasteiger partial charge in [-0.1, -0.05) is 0 Å². The molecular weight excluding hydrogens is 172 g/mol. The van der Waals surface area contributed by atoms with Gasteiger partial charge in [0.1, 0.15) is 0 Å². The van der Waals surface area contributed by atoms with Gasteiger partial charge in [0.2, 0.25) is 0 Å². The van der Waals surface area contributed by atoms with Crippen molar-refractivity contribution in [2.45, 2.75) is 59.2 Å². The molecule has 1 atom stereocenters. The van der Waals surface area contributed by atoms with Gasteiger partial charge in [0.15, 0.2) is 0 Å². The maximum atomic E-state index is 2.59. The second-order valence-corrected chi connectivity index (χ2v) is 5.08. The van der Waals surface area contributed by atoms with Crippen molar-refractivity contribution in [2.24, 2.45) is 0 Å². The highest BCUT2D eigenvalue weighted by Crippen LogP contribution is 2.13. The molecule has 0 N–H and O–H groups in total. The molecule has 0 saturated carbocycles. The first-order valence-electron chi connectivity index (χ1n) is 5.78. The molecule has 0 amide bonds. The van der Waals surface area contributed by atoms with Crippen LogP contribution in [0.15, 0.2) is 0 Å². The smallest absolute Gasteiger partial charge is 0.00845 e. The maximum absolute atomic E-state index is 2.59. The van der Waals surface area contributed by atoms with Gasteiger partial charge < -0.3 is 4.90 Å². The predicted octanol–water partition coefficient (Wildman–Crippen LogP) is 2.45. The van der Waals surface area contributed by atoms with E-state index in [2.05, 4.69) is 58.5 Å². The van der Waals surface area contributed by atoms with Gasteiger partial charge in [-0.05, 0) is 61.7 Å². The quantitative estimate of drug-likeness (QED) is 0.650. The first-order valence-corrected chi connectivity index (χ1v) is 5.78. The molecule has 2 heteroatoms. The number of hydrogen-bond donors (Lipinski definition) is 0. The minimum absolute atomic E-state index is 0.646. The van der Waals surface area contributed by atoms with Crippen molar-refractivity contribution in [1.29, 1.82) is 0 Å². The summed E-state index contributed by atoms with van der Waals surface area (Å²) in [7, 11) is 4.28. The van der Waals surface area contributed by atoms with Crippen molar-refractivity contribution in [3.8, 4) is 0 Å². The van der Waals surface area contributed by atoms with E-state index in [9.17, 15) is 0 Å². The third kappa shape index (κ3) is 4.97. The van der Waals surface area contributed by atoms with E-state index < -0.39 is 0 Å². The van der Waals surface area contributed by atoms with E-state index in [0.717, 1.165) is 0 Å². The highest BCUT2D eigenvalue weighted by atomic mass is 15.2. The standard InChI is InChI=1S/C12H28N2/c1-10(2)14(11(3)4)12(5)8-9-13(6)7/h10-12H,8-9H2,1-7H3. The van der Waals surface area contributed by atoms with E-state index in [1.165, 1.54) is 13.0 Å².